The Labute approximate surface area is 223 Å². The maximum Gasteiger partial charge on any atom is 0.325 e. The minimum absolute atomic E-state index is 0.257. The number of carboxylic acids is 1. The molecule has 0 bridgehead atoms. The van der Waals surface area contributed by atoms with Gasteiger partial charge in [-0.15, -0.1) is 0 Å². The summed E-state index contributed by atoms with van der Waals surface area (Å²) in [4.78, 5) is 51.4. The molecule has 206 valence electrons. The van der Waals surface area contributed by atoms with E-state index >= 15 is 0 Å². The molecular weight excluding hydrogens is 486 g/mol. The first kappa shape index (κ1) is 28.9. The van der Waals surface area contributed by atoms with E-state index in [1.54, 1.807) is 0 Å². The number of nitrogens with zero attached hydrogens (tertiary/aromatic N) is 1. The van der Waals surface area contributed by atoms with Gasteiger partial charge in [-0.1, -0.05) is 41.5 Å². The molecule has 0 unspecified atom stereocenters. The third-order valence-corrected chi connectivity index (χ3v) is 7.38. The van der Waals surface area contributed by atoms with Gasteiger partial charge >= 0.3 is 5.97 Å². The van der Waals surface area contributed by atoms with Gasteiger partial charge in [0, 0.05) is 11.1 Å². The van der Waals surface area contributed by atoms with Gasteiger partial charge in [-0.25, -0.2) is 0 Å². The van der Waals surface area contributed by atoms with Crippen LogP contribution in [0, 0.1) is 0 Å². The largest absolute Gasteiger partial charge is 0.480 e. The number of hydrogen-bond acceptors (Lipinski definition) is 6. The number of benzene rings is 1. The highest BCUT2D eigenvalue weighted by molar-refractivity contribution is 5.95. The Balaban J connectivity index is 2.03. The first-order valence-electron chi connectivity index (χ1n) is 12.9. The number of amides is 3. The Bertz CT molecular complexity index is 1160. The quantitative estimate of drug-likeness (QED) is 0.276. The lowest BCUT2D eigenvalue weighted by atomic mass is 9.74. The number of fused-ring (bicyclic) bond motifs is 3. The van der Waals surface area contributed by atoms with Crippen LogP contribution in [0.15, 0.2) is 47.6 Å². The number of carboxylic acid groups (broad SMARTS) is 1. The maximum absolute atomic E-state index is 13.6. The van der Waals surface area contributed by atoms with Crippen LogP contribution in [0.5, 0.6) is 0 Å². The smallest absolute Gasteiger partial charge is 0.325 e. The van der Waals surface area contributed by atoms with E-state index in [0.29, 0.717) is 6.42 Å². The minimum atomic E-state index is -1.23. The Hall–Kier alpha value is -3.66. The number of carbonyl (C=O) groups is 4. The van der Waals surface area contributed by atoms with Crippen LogP contribution in [0.2, 0.25) is 0 Å². The van der Waals surface area contributed by atoms with Crippen molar-refractivity contribution in [1.82, 2.24) is 10.2 Å². The minimum Gasteiger partial charge on any atom is -0.480 e. The fourth-order valence-electron chi connectivity index (χ4n) is 5.38. The number of primary amides is 1. The van der Waals surface area contributed by atoms with Crippen LogP contribution in [0.4, 0.5) is 5.69 Å². The van der Waals surface area contributed by atoms with Crippen molar-refractivity contribution >= 4 is 29.4 Å². The van der Waals surface area contributed by atoms with Gasteiger partial charge in [0.1, 0.15) is 18.2 Å². The first-order valence-corrected chi connectivity index (χ1v) is 12.9. The fourth-order valence-corrected chi connectivity index (χ4v) is 5.38. The normalized spacial score (nSPS) is 23.5. The SMILES string of the molecule is CC(C)=CCC/C(C)=C/C[C@]12C[C@@H](C(=O)N[C@@H](C)C(=O)O)N(C(=O)[C@@H](N)CC(N)=O)[C@H]1Nc1ccccc12. The predicted molar refractivity (Wildman–Crippen MR) is 145 cm³/mol. The summed E-state index contributed by atoms with van der Waals surface area (Å²) in [5, 5.41) is 15.3. The molecule has 1 fully saturated rings. The van der Waals surface area contributed by atoms with Crippen molar-refractivity contribution in [2.24, 2.45) is 11.5 Å². The van der Waals surface area contributed by atoms with Crippen LogP contribution < -0.4 is 22.1 Å². The zero-order valence-electron chi connectivity index (χ0n) is 22.5. The lowest BCUT2D eigenvalue weighted by Gasteiger charge is -2.34. The van der Waals surface area contributed by atoms with Crippen LogP contribution in [-0.4, -0.2) is 58.0 Å². The Morgan fingerprint density at radius 2 is 1.89 bits per heavy atom. The standard InChI is InChI=1S/C28H39N5O5/c1-16(2)8-7-9-17(3)12-13-28-15-22(24(35)31-18(4)26(37)38)33(25(36)20(29)14-23(30)34)27(28)32-21-11-6-5-10-19(21)28/h5-6,8,10-12,18,20,22,27,32H,7,9,13-15,29H2,1-4H3,(H2,30,34)(H,31,35)(H,37,38)/b17-12+/t18-,20-,22-,27+,28+/m0/s1. The van der Waals surface area contributed by atoms with Crippen molar-refractivity contribution in [1.29, 1.82) is 0 Å². The van der Waals surface area contributed by atoms with Crippen LogP contribution in [0.1, 0.15) is 65.4 Å². The monoisotopic (exact) mass is 525 g/mol. The van der Waals surface area contributed by atoms with Crippen molar-refractivity contribution in [2.45, 2.75) is 89.5 Å². The molecule has 38 heavy (non-hydrogen) atoms. The number of rotatable bonds is 11. The summed E-state index contributed by atoms with van der Waals surface area (Å²) in [6.45, 7) is 7.56. The molecule has 0 radical (unpaired) electrons. The Morgan fingerprint density at radius 3 is 2.53 bits per heavy atom. The van der Waals surface area contributed by atoms with Gasteiger partial charge in [-0.2, -0.15) is 0 Å². The van der Waals surface area contributed by atoms with Gasteiger partial charge < -0.3 is 32.1 Å². The molecular formula is C28H39N5O5. The molecule has 0 spiro atoms. The molecule has 0 saturated carbocycles. The third kappa shape index (κ3) is 6.07. The summed E-state index contributed by atoms with van der Waals surface area (Å²) in [5.41, 5.74) is 15.0. The van der Waals surface area contributed by atoms with E-state index in [-0.39, 0.29) is 12.8 Å². The highest BCUT2D eigenvalue weighted by atomic mass is 16.4. The van der Waals surface area contributed by atoms with E-state index in [2.05, 4.69) is 43.6 Å². The Morgan fingerprint density at radius 1 is 1.21 bits per heavy atom. The summed E-state index contributed by atoms with van der Waals surface area (Å²) < 4.78 is 0. The van der Waals surface area contributed by atoms with Gasteiger partial charge in [0.25, 0.3) is 0 Å². The Kier molecular flexibility index (Phi) is 8.98. The number of hydrogen-bond donors (Lipinski definition) is 5. The molecule has 3 amide bonds. The number of aliphatic carboxylic acids is 1. The third-order valence-electron chi connectivity index (χ3n) is 7.38. The molecule has 10 heteroatoms. The molecule has 10 nitrogen and oxygen atoms in total. The lowest BCUT2D eigenvalue weighted by Crippen LogP contribution is -2.58. The number of para-hydroxylation sites is 1. The number of allylic oxidation sites excluding steroid dienone is 4. The molecule has 3 rings (SSSR count). The lowest BCUT2D eigenvalue weighted by molar-refractivity contribution is -0.144. The topological polar surface area (TPSA) is 168 Å². The highest BCUT2D eigenvalue weighted by Crippen LogP contribution is 2.53. The van der Waals surface area contributed by atoms with Crippen molar-refractivity contribution < 1.29 is 24.3 Å². The van der Waals surface area contributed by atoms with Gasteiger partial charge in [-0.3, -0.25) is 19.2 Å². The number of likely N-dealkylation sites (tertiary alicyclic amines) is 1. The zero-order chi connectivity index (χ0) is 28.2. The average molecular weight is 526 g/mol. The van der Waals surface area contributed by atoms with Crippen molar-refractivity contribution in [3.8, 4) is 0 Å². The van der Waals surface area contributed by atoms with Gasteiger partial charge in [-0.05, 0) is 65.0 Å². The zero-order valence-corrected chi connectivity index (χ0v) is 22.5. The van der Waals surface area contributed by atoms with Crippen molar-refractivity contribution in [3.05, 3.63) is 53.1 Å². The molecule has 2 aliphatic rings. The van der Waals surface area contributed by atoms with E-state index < -0.39 is 53.4 Å². The van der Waals surface area contributed by atoms with E-state index in [1.807, 2.05) is 24.3 Å². The van der Waals surface area contributed by atoms with Crippen LogP contribution >= 0.6 is 0 Å². The van der Waals surface area contributed by atoms with Gasteiger partial charge in [0.2, 0.25) is 17.7 Å². The first-order chi connectivity index (χ1) is 17.9. The predicted octanol–water partition coefficient (Wildman–Crippen LogP) is 2.15. The van der Waals surface area contributed by atoms with Crippen LogP contribution in [-0.2, 0) is 24.6 Å². The molecule has 1 saturated heterocycles. The second kappa shape index (κ2) is 11.8. The summed E-state index contributed by atoms with van der Waals surface area (Å²) in [5.74, 6) is -3.09. The van der Waals surface area contributed by atoms with E-state index in [9.17, 15) is 24.3 Å². The second-order valence-corrected chi connectivity index (χ2v) is 10.6. The summed E-state index contributed by atoms with van der Waals surface area (Å²) >= 11 is 0. The molecule has 1 aromatic carbocycles. The van der Waals surface area contributed by atoms with Crippen molar-refractivity contribution in [2.75, 3.05) is 5.32 Å². The van der Waals surface area contributed by atoms with E-state index in [4.69, 9.17) is 11.5 Å². The molecule has 1 aromatic rings. The molecule has 7 N–H and O–H groups in total. The summed E-state index contributed by atoms with van der Waals surface area (Å²) in [6, 6.07) is 4.35. The van der Waals surface area contributed by atoms with Crippen LogP contribution in [0.25, 0.3) is 0 Å². The van der Waals surface area contributed by atoms with Crippen LogP contribution in [0.3, 0.4) is 0 Å². The van der Waals surface area contributed by atoms with Gasteiger partial charge in [0.15, 0.2) is 0 Å². The highest BCUT2D eigenvalue weighted by Gasteiger charge is 2.60. The summed E-state index contributed by atoms with van der Waals surface area (Å²) in [7, 11) is 0. The fraction of sp³-hybridized carbons (Fsp3) is 0.500. The van der Waals surface area contributed by atoms with Gasteiger partial charge in [0.05, 0.1) is 12.5 Å². The van der Waals surface area contributed by atoms with E-state index in [1.165, 1.54) is 23.0 Å². The van der Waals surface area contributed by atoms with E-state index in [0.717, 1.165) is 24.1 Å². The number of anilines is 1. The number of nitrogens with one attached hydrogen (secondary N) is 2. The number of carbonyl (C=O) groups excluding carboxylic acids is 3. The summed E-state index contributed by atoms with van der Waals surface area (Å²) in [6.07, 6.45) is 5.96. The van der Waals surface area contributed by atoms with Crippen molar-refractivity contribution in [3.63, 3.8) is 0 Å². The maximum atomic E-state index is 13.6. The number of nitrogens with two attached hydrogens (primary N) is 2. The molecule has 5 atom stereocenters. The molecule has 0 aliphatic carbocycles. The average Bonchev–Trinajstić information content (AvgIpc) is 3.32. The molecule has 2 heterocycles. The molecule has 2 aliphatic heterocycles. The molecule has 0 aromatic heterocycles. The second-order valence-electron chi connectivity index (χ2n) is 10.6.